The van der Waals surface area contributed by atoms with Crippen molar-refractivity contribution in [2.45, 2.75) is 11.0 Å². The number of methoxy groups -OCH3 is 1. The van der Waals surface area contributed by atoms with Crippen molar-refractivity contribution in [1.82, 2.24) is 9.62 Å². The SMILES string of the molecule is COc1ccc(Br)cc1S(=O)(=O)NCC1CN(C)CCO1. The van der Waals surface area contributed by atoms with Crippen LogP contribution in [0.5, 0.6) is 5.75 Å². The Bertz CT molecular complexity index is 594. The van der Waals surface area contributed by atoms with E-state index in [1.165, 1.54) is 13.2 Å². The van der Waals surface area contributed by atoms with Gasteiger partial charge in [-0.1, -0.05) is 15.9 Å². The lowest BCUT2D eigenvalue weighted by molar-refractivity contribution is -0.0156. The molecule has 1 fully saturated rings. The van der Waals surface area contributed by atoms with Crippen LogP contribution in [-0.4, -0.2) is 59.8 Å². The Labute approximate surface area is 133 Å². The first kappa shape index (κ1) is 16.7. The highest BCUT2D eigenvalue weighted by Gasteiger charge is 2.23. The van der Waals surface area contributed by atoms with Crippen LogP contribution in [-0.2, 0) is 14.8 Å². The summed E-state index contributed by atoms with van der Waals surface area (Å²) < 4.78 is 38.7. The van der Waals surface area contributed by atoms with Gasteiger partial charge in [-0.2, -0.15) is 0 Å². The molecule has 0 amide bonds. The number of halogens is 1. The number of likely N-dealkylation sites (N-methyl/N-ethyl adjacent to an activating group) is 1. The van der Waals surface area contributed by atoms with E-state index >= 15 is 0 Å². The second kappa shape index (κ2) is 7.06. The van der Waals surface area contributed by atoms with Crippen molar-refractivity contribution in [3.05, 3.63) is 22.7 Å². The van der Waals surface area contributed by atoms with Crippen LogP contribution >= 0.6 is 15.9 Å². The summed E-state index contributed by atoms with van der Waals surface area (Å²) in [5, 5.41) is 0. The molecular weight excluding hydrogens is 360 g/mol. The predicted molar refractivity (Wildman–Crippen MR) is 83.1 cm³/mol. The third-order valence-corrected chi connectivity index (χ3v) is 5.20. The number of nitrogens with one attached hydrogen (secondary N) is 1. The van der Waals surface area contributed by atoms with Crippen molar-refractivity contribution in [3.8, 4) is 5.75 Å². The van der Waals surface area contributed by atoms with Crippen LogP contribution in [0.4, 0.5) is 0 Å². The smallest absolute Gasteiger partial charge is 0.244 e. The predicted octanol–water partition coefficient (Wildman–Crippen LogP) is 1.07. The maximum atomic E-state index is 12.4. The molecule has 1 unspecified atom stereocenters. The summed E-state index contributed by atoms with van der Waals surface area (Å²) in [5.41, 5.74) is 0. The number of nitrogens with zero attached hydrogens (tertiary/aromatic N) is 1. The number of hydrogen-bond donors (Lipinski definition) is 1. The average molecular weight is 379 g/mol. The van der Waals surface area contributed by atoms with Crippen molar-refractivity contribution >= 4 is 26.0 Å². The van der Waals surface area contributed by atoms with Gasteiger partial charge in [0.05, 0.1) is 19.8 Å². The summed E-state index contributed by atoms with van der Waals surface area (Å²) >= 11 is 3.27. The van der Waals surface area contributed by atoms with Crippen LogP contribution in [0.15, 0.2) is 27.6 Å². The molecule has 1 aromatic carbocycles. The first-order chi connectivity index (χ1) is 9.92. The highest BCUT2D eigenvalue weighted by atomic mass is 79.9. The van der Waals surface area contributed by atoms with Gasteiger partial charge >= 0.3 is 0 Å². The van der Waals surface area contributed by atoms with E-state index in [0.29, 0.717) is 23.4 Å². The topological polar surface area (TPSA) is 67.9 Å². The molecule has 0 spiro atoms. The molecule has 6 nitrogen and oxygen atoms in total. The molecule has 21 heavy (non-hydrogen) atoms. The normalized spacial score (nSPS) is 20.4. The standard InChI is InChI=1S/C13H19BrN2O4S/c1-16-5-6-20-11(9-16)8-15-21(17,18)13-7-10(14)3-4-12(13)19-2/h3-4,7,11,15H,5-6,8-9H2,1-2H3. The quantitative estimate of drug-likeness (QED) is 0.829. The Morgan fingerprint density at radius 3 is 2.95 bits per heavy atom. The molecule has 8 heteroatoms. The van der Waals surface area contributed by atoms with Crippen LogP contribution in [0.1, 0.15) is 0 Å². The maximum Gasteiger partial charge on any atom is 0.244 e. The fraction of sp³-hybridized carbons (Fsp3) is 0.538. The van der Waals surface area contributed by atoms with Crippen molar-refractivity contribution in [3.63, 3.8) is 0 Å². The van der Waals surface area contributed by atoms with Gasteiger partial charge in [0.1, 0.15) is 10.6 Å². The molecule has 1 aliphatic rings. The van der Waals surface area contributed by atoms with E-state index < -0.39 is 10.0 Å². The van der Waals surface area contributed by atoms with Crippen LogP contribution < -0.4 is 9.46 Å². The lowest BCUT2D eigenvalue weighted by atomic mass is 10.3. The Morgan fingerprint density at radius 2 is 2.29 bits per heavy atom. The molecule has 1 N–H and O–H groups in total. The van der Waals surface area contributed by atoms with Crippen LogP contribution in [0.25, 0.3) is 0 Å². The molecule has 1 atom stereocenters. The van der Waals surface area contributed by atoms with Gasteiger partial charge in [0.25, 0.3) is 0 Å². The molecule has 118 valence electrons. The molecule has 1 heterocycles. The van der Waals surface area contributed by atoms with Crippen LogP contribution in [0, 0.1) is 0 Å². The minimum absolute atomic E-state index is 0.114. The van der Waals surface area contributed by atoms with Crippen LogP contribution in [0.2, 0.25) is 0 Å². The number of rotatable bonds is 5. The van der Waals surface area contributed by atoms with E-state index in [1.54, 1.807) is 12.1 Å². The highest BCUT2D eigenvalue weighted by molar-refractivity contribution is 9.10. The van der Waals surface area contributed by atoms with Gasteiger partial charge in [-0.25, -0.2) is 13.1 Å². The number of ether oxygens (including phenoxy) is 2. The van der Waals surface area contributed by atoms with Gasteiger partial charge in [-0.3, -0.25) is 0 Å². The zero-order valence-electron chi connectivity index (χ0n) is 12.0. The van der Waals surface area contributed by atoms with Crippen molar-refractivity contribution in [2.24, 2.45) is 0 Å². The minimum atomic E-state index is -3.65. The van der Waals surface area contributed by atoms with Gasteiger partial charge in [-0.05, 0) is 25.2 Å². The van der Waals surface area contributed by atoms with Gasteiger partial charge in [0.15, 0.2) is 0 Å². The maximum absolute atomic E-state index is 12.4. The van der Waals surface area contributed by atoms with Gasteiger partial charge in [0, 0.05) is 24.1 Å². The van der Waals surface area contributed by atoms with Crippen molar-refractivity contribution < 1.29 is 17.9 Å². The van der Waals surface area contributed by atoms with E-state index in [4.69, 9.17) is 9.47 Å². The molecule has 0 bridgehead atoms. The van der Waals surface area contributed by atoms with Gasteiger partial charge in [0.2, 0.25) is 10.0 Å². The van der Waals surface area contributed by atoms with Crippen molar-refractivity contribution in [2.75, 3.05) is 40.4 Å². The zero-order valence-corrected chi connectivity index (χ0v) is 14.4. The molecule has 1 saturated heterocycles. The summed E-state index contributed by atoms with van der Waals surface area (Å²) in [4.78, 5) is 2.23. The Morgan fingerprint density at radius 1 is 1.52 bits per heavy atom. The third-order valence-electron chi connectivity index (χ3n) is 3.26. The Balaban J connectivity index is 2.09. The highest BCUT2D eigenvalue weighted by Crippen LogP contribution is 2.27. The van der Waals surface area contributed by atoms with E-state index in [0.717, 1.165) is 6.54 Å². The summed E-state index contributed by atoms with van der Waals surface area (Å²) in [7, 11) is -0.213. The van der Waals surface area contributed by atoms with Crippen LogP contribution in [0.3, 0.4) is 0 Å². The fourth-order valence-electron chi connectivity index (χ4n) is 2.13. The molecule has 1 aromatic rings. The summed E-state index contributed by atoms with van der Waals surface area (Å²) in [6.07, 6.45) is -0.142. The summed E-state index contributed by atoms with van der Waals surface area (Å²) in [5.74, 6) is 0.312. The lowest BCUT2D eigenvalue weighted by Gasteiger charge is -2.30. The number of hydrogen-bond acceptors (Lipinski definition) is 5. The molecule has 2 rings (SSSR count). The first-order valence-electron chi connectivity index (χ1n) is 6.56. The zero-order chi connectivity index (χ0) is 15.5. The molecule has 0 aromatic heterocycles. The average Bonchev–Trinajstić information content (AvgIpc) is 2.45. The third kappa shape index (κ3) is 4.40. The van der Waals surface area contributed by atoms with Gasteiger partial charge < -0.3 is 14.4 Å². The lowest BCUT2D eigenvalue weighted by Crippen LogP contribution is -2.45. The molecule has 0 radical (unpaired) electrons. The fourth-order valence-corrected chi connectivity index (χ4v) is 3.90. The van der Waals surface area contributed by atoms with E-state index in [1.807, 2.05) is 7.05 Å². The number of benzene rings is 1. The summed E-state index contributed by atoms with van der Waals surface area (Å²) in [6, 6.07) is 4.87. The molecule has 0 aliphatic carbocycles. The van der Waals surface area contributed by atoms with Gasteiger partial charge in [-0.15, -0.1) is 0 Å². The number of morpholine rings is 1. The second-order valence-electron chi connectivity index (χ2n) is 4.90. The monoisotopic (exact) mass is 378 g/mol. The number of sulfonamides is 1. The molecular formula is C13H19BrN2O4S. The minimum Gasteiger partial charge on any atom is -0.495 e. The molecule has 1 aliphatic heterocycles. The first-order valence-corrected chi connectivity index (χ1v) is 8.83. The Kier molecular flexibility index (Phi) is 5.61. The van der Waals surface area contributed by atoms with E-state index in [9.17, 15) is 8.42 Å². The second-order valence-corrected chi connectivity index (χ2v) is 7.55. The molecule has 0 saturated carbocycles. The summed E-state index contributed by atoms with van der Waals surface area (Å²) in [6.45, 7) is 2.42. The largest absolute Gasteiger partial charge is 0.495 e. The Hall–Kier alpha value is -0.670. The van der Waals surface area contributed by atoms with Crippen molar-refractivity contribution in [1.29, 1.82) is 0 Å². The van der Waals surface area contributed by atoms with E-state index in [-0.39, 0.29) is 17.5 Å². The van der Waals surface area contributed by atoms with E-state index in [2.05, 4.69) is 25.6 Å².